The van der Waals surface area contributed by atoms with Gasteiger partial charge in [0.15, 0.2) is 0 Å². The lowest BCUT2D eigenvalue weighted by molar-refractivity contribution is 0.312. The topological polar surface area (TPSA) is 52.7 Å². The number of sulfonamides is 1. The summed E-state index contributed by atoms with van der Waals surface area (Å²) in [5.74, 6) is -0.402. The Kier molecular flexibility index (Phi) is 6.66. The molecule has 1 aliphatic rings. The normalized spacial score (nSPS) is 17.0. The highest BCUT2D eigenvalue weighted by atomic mass is 79.9. The van der Waals surface area contributed by atoms with E-state index in [1.165, 1.54) is 24.3 Å². The minimum Gasteiger partial charge on any atom is -0.369 e. The van der Waals surface area contributed by atoms with E-state index in [0.717, 1.165) is 31.9 Å². The molecule has 0 bridgehead atoms. The second-order valence-electron chi connectivity index (χ2n) is 6.91. The Hall–Kier alpha value is -1.19. The van der Waals surface area contributed by atoms with E-state index in [0.29, 0.717) is 10.0 Å². The SMILES string of the molecule is CC(NS(=O)(=O)c1ccc(Br)cc1Cl)c1cc(F)ccc1N1CCN(C)CC1. The molecule has 0 amide bonds. The molecule has 1 aliphatic heterocycles. The Bertz CT molecular complexity index is 966. The molecule has 0 saturated carbocycles. The van der Waals surface area contributed by atoms with E-state index >= 15 is 0 Å². The molecule has 0 aliphatic carbocycles. The first-order valence-electron chi connectivity index (χ1n) is 8.88. The highest BCUT2D eigenvalue weighted by Gasteiger charge is 2.25. The van der Waals surface area contributed by atoms with E-state index < -0.39 is 21.9 Å². The molecule has 3 rings (SSSR count). The summed E-state index contributed by atoms with van der Waals surface area (Å²) in [6, 6.07) is 8.47. The summed E-state index contributed by atoms with van der Waals surface area (Å²) in [7, 11) is -1.82. The number of hydrogen-bond donors (Lipinski definition) is 1. The fourth-order valence-corrected chi connectivity index (χ4v) is 5.52. The van der Waals surface area contributed by atoms with Gasteiger partial charge in [-0.15, -0.1) is 0 Å². The van der Waals surface area contributed by atoms with Crippen LogP contribution in [0.3, 0.4) is 0 Å². The minimum atomic E-state index is -3.88. The molecule has 2 aromatic carbocycles. The third kappa shape index (κ3) is 4.86. The van der Waals surface area contributed by atoms with Gasteiger partial charge in [0.25, 0.3) is 0 Å². The van der Waals surface area contributed by atoms with Crippen LogP contribution in [0.2, 0.25) is 5.02 Å². The molecule has 2 aromatic rings. The minimum absolute atomic E-state index is 0.0123. The third-order valence-electron chi connectivity index (χ3n) is 4.82. The average Bonchev–Trinajstić information content (AvgIpc) is 2.61. The van der Waals surface area contributed by atoms with Crippen LogP contribution in [0.25, 0.3) is 0 Å². The molecule has 1 N–H and O–H groups in total. The zero-order chi connectivity index (χ0) is 20.5. The molecule has 9 heteroatoms. The summed E-state index contributed by atoms with van der Waals surface area (Å²) in [5.41, 5.74) is 1.44. The number of rotatable bonds is 5. The van der Waals surface area contributed by atoms with Gasteiger partial charge in [-0.1, -0.05) is 27.5 Å². The third-order valence-corrected chi connectivity index (χ3v) is 7.33. The first-order chi connectivity index (χ1) is 13.2. The molecule has 0 spiro atoms. The Morgan fingerprint density at radius 2 is 1.82 bits per heavy atom. The molecule has 1 unspecified atom stereocenters. The maximum atomic E-state index is 14.0. The number of likely N-dealkylation sites (N-methyl/N-ethyl adjacent to an activating group) is 1. The monoisotopic (exact) mass is 489 g/mol. The van der Waals surface area contributed by atoms with Crippen LogP contribution < -0.4 is 9.62 Å². The van der Waals surface area contributed by atoms with Crippen LogP contribution in [0.5, 0.6) is 0 Å². The van der Waals surface area contributed by atoms with Crippen LogP contribution in [0.1, 0.15) is 18.5 Å². The number of halogens is 3. The van der Waals surface area contributed by atoms with E-state index in [1.54, 1.807) is 19.1 Å². The second kappa shape index (κ2) is 8.67. The largest absolute Gasteiger partial charge is 0.369 e. The van der Waals surface area contributed by atoms with Crippen LogP contribution in [-0.2, 0) is 10.0 Å². The van der Waals surface area contributed by atoms with Crippen LogP contribution in [0.4, 0.5) is 10.1 Å². The molecule has 152 valence electrons. The van der Waals surface area contributed by atoms with Crippen molar-refractivity contribution in [2.45, 2.75) is 17.9 Å². The van der Waals surface area contributed by atoms with Crippen molar-refractivity contribution >= 4 is 43.2 Å². The fourth-order valence-electron chi connectivity index (χ4n) is 3.26. The number of benzene rings is 2. The van der Waals surface area contributed by atoms with Crippen molar-refractivity contribution in [2.24, 2.45) is 0 Å². The summed E-state index contributed by atoms with van der Waals surface area (Å²) >= 11 is 9.38. The van der Waals surface area contributed by atoms with Gasteiger partial charge in [0, 0.05) is 42.4 Å². The molecular formula is C19H22BrClFN3O2S. The molecule has 0 radical (unpaired) electrons. The number of piperazine rings is 1. The highest BCUT2D eigenvalue weighted by Crippen LogP contribution is 2.31. The van der Waals surface area contributed by atoms with E-state index in [2.05, 4.69) is 37.5 Å². The standard InChI is InChI=1S/C19H22BrClFN3O2S/c1-13(23-28(26,27)19-6-3-14(20)11-17(19)21)16-12-15(22)4-5-18(16)25-9-7-24(2)8-10-25/h3-6,11-13,23H,7-10H2,1-2H3. The number of nitrogens with zero attached hydrogens (tertiary/aromatic N) is 2. The molecule has 1 atom stereocenters. The van der Waals surface area contributed by atoms with Crippen molar-refractivity contribution in [3.8, 4) is 0 Å². The zero-order valence-electron chi connectivity index (χ0n) is 15.6. The fraction of sp³-hybridized carbons (Fsp3) is 0.368. The van der Waals surface area contributed by atoms with Crippen LogP contribution in [0.15, 0.2) is 45.8 Å². The Morgan fingerprint density at radius 3 is 2.46 bits per heavy atom. The second-order valence-corrected chi connectivity index (χ2v) is 9.92. The van der Waals surface area contributed by atoms with Gasteiger partial charge in [0.1, 0.15) is 10.7 Å². The predicted molar refractivity (Wildman–Crippen MR) is 114 cm³/mol. The van der Waals surface area contributed by atoms with Crippen molar-refractivity contribution in [1.29, 1.82) is 0 Å². The van der Waals surface area contributed by atoms with Crippen molar-refractivity contribution in [3.05, 3.63) is 57.3 Å². The van der Waals surface area contributed by atoms with Gasteiger partial charge in [-0.05, 0) is 55.9 Å². The van der Waals surface area contributed by atoms with Gasteiger partial charge in [-0.3, -0.25) is 0 Å². The van der Waals surface area contributed by atoms with Crippen LogP contribution in [0, 0.1) is 5.82 Å². The molecular weight excluding hydrogens is 469 g/mol. The van der Waals surface area contributed by atoms with Crippen molar-refractivity contribution in [1.82, 2.24) is 9.62 Å². The van der Waals surface area contributed by atoms with Crippen LogP contribution in [-0.4, -0.2) is 46.5 Å². The van der Waals surface area contributed by atoms with Crippen molar-refractivity contribution in [2.75, 3.05) is 38.1 Å². The average molecular weight is 491 g/mol. The maximum absolute atomic E-state index is 14.0. The summed E-state index contributed by atoms with van der Waals surface area (Å²) in [5, 5.41) is 0.118. The van der Waals surface area contributed by atoms with E-state index in [4.69, 9.17) is 11.6 Å². The summed E-state index contributed by atoms with van der Waals surface area (Å²) in [6.07, 6.45) is 0. The number of nitrogens with one attached hydrogen (secondary N) is 1. The summed E-state index contributed by atoms with van der Waals surface area (Å²) < 4.78 is 43.0. The van der Waals surface area contributed by atoms with Crippen molar-refractivity contribution in [3.63, 3.8) is 0 Å². The summed E-state index contributed by atoms with van der Waals surface area (Å²) in [4.78, 5) is 4.37. The van der Waals surface area contributed by atoms with Gasteiger partial charge >= 0.3 is 0 Å². The van der Waals surface area contributed by atoms with E-state index in [9.17, 15) is 12.8 Å². The molecule has 1 fully saturated rings. The van der Waals surface area contributed by atoms with E-state index in [-0.39, 0.29) is 9.92 Å². The van der Waals surface area contributed by atoms with Gasteiger partial charge in [-0.2, -0.15) is 0 Å². The zero-order valence-corrected chi connectivity index (χ0v) is 18.8. The smallest absolute Gasteiger partial charge is 0.242 e. The molecule has 0 aromatic heterocycles. The predicted octanol–water partition coefficient (Wildman–Crippen LogP) is 4.03. The van der Waals surface area contributed by atoms with Gasteiger partial charge in [0.2, 0.25) is 10.0 Å². The Morgan fingerprint density at radius 1 is 1.14 bits per heavy atom. The van der Waals surface area contributed by atoms with Crippen LogP contribution >= 0.6 is 27.5 Å². The quantitative estimate of drug-likeness (QED) is 0.687. The first-order valence-corrected chi connectivity index (χ1v) is 11.5. The highest BCUT2D eigenvalue weighted by molar-refractivity contribution is 9.10. The summed E-state index contributed by atoms with van der Waals surface area (Å²) in [6.45, 7) is 5.09. The lowest BCUT2D eigenvalue weighted by Crippen LogP contribution is -2.45. The molecule has 5 nitrogen and oxygen atoms in total. The van der Waals surface area contributed by atoms with Gasteiger partial charge in [0.05, 0.1) is 5.02 Å². The Labute approximate surface area is 178 Å². The maximum Gasteiger partial charge on any atom is 0.242 e. The number of anilines is 1. The first kappa shape index (κ1) is 21.5. The van der Waals surface area contributed by atoms with E-state index in [1.807, 2.05) is 0 Å². The molecule has 1 heterocycles. The Balaban J connectivity index is 1.89. The lowest BCUT2D eigenvalue weighted by Gasteiger charge is -2.36. The van der Waals surface area contributed by atoms with Crippen molar-refractivity contribution < 1.29 is 12.8 Å². The lowest BCUT2D eigenvalue weighted by atomic mass is 10.0. The number of hydrogen-bond acceptors (Lipinski definition) is 4. The van der Waals surface area contributed by atoms with Gasteiger partial charge < -0.3 is 9.80 Å². The molecule has 28 heavy (non-hydrogen) atoms. The van der Waals surface area contributed by atoms with Gasteiger partial charge in [-0.25, -0.2) is 17.5 Å². The molecule has 1 saturated heterocycles.